The van der Waals surface area contributed by atoms with E-state index in [-0.39, 0.29) is 23.8 Å². The topological polar surface area (TPSA) is 108 Å². The Morgan fingerprint density at radius 3 is 2.80 bits per heavy atom. The van der Waals surface area contributed by atoms with Crippen LogP contribution in [0, 0.1) is 18.8 Å². The first-order valence-corrected chi connectivity index (χ1v) is 10.7. The molecule has 162 valence electrons. The Kier molecular flexibility index (Phi) is 5.87. The summed E-state index contributed by atoms with van der Waals surface area (Å²) >= 11 is 0. The summed E-state index contributed by atoms with van der Waals surface area (Å²) in [6, 6.07) is 1.84. The van der Waals surface area contributed by atoms with Gasteiger partial charge in [-0.3, -0.25) is 14.4 Å². The zero-order valence-electron chi connectivity index (χ0n) is 17.6. The number of hydrogen-bond acceptors (Lipinski definition) is 6. The second kappa shape index (κ2) is 8.57. The number of hydrogen-bond donors (Lipinski definition) is 1. The van der Waals surface area contributed by atoms with Gasteiger partial charge in [-0.15, -0.1) is 0 Å². The number of hydrazone groups is 1. The van der Waals surface area contributed by atoms with Gasteiger partial charge in [-0.25, -0.2) is 5.43 Å². The standard InChI is InChI=1S/C21H29N5O4/c1-13-9-18(24-30-13)21(29)25(2)17-10-14-7-8-26(12-15(14)11-17)20(28)6-4-16-3-5-19(27)23-22-16/h9,14-15,17H,3-8,10-12H2,1-2H3,(H,23,27)/t14-,15-,17+/m1/s1. The second-order valence-corrected chi connectivity index (χ2v) is 8.73. The zero-order valence-corrected chi connectivity index (χ0v) is 17.6. The van der Waals surface area contributed by atoms with Crippen LogP contribution < -0.4 is 5.43 Å². The Hall–Kier alpha value is -2.71. The number of carbonyl (C=O) groups excluding carboxylic acids is 3. The molecule has 1 aromatic heterocycles. The van der Waals surface area contributed by atoms with Crippen molar-refractivity contribution < 1.29 is 18.9 Å². The van der Waals surface area contributed by atoms with E-state index >= 15 is 0 Å². The monoisotopic (exact) mass is 415 g/mol. The van der Waals surface area contributed by atoms with Crippen LogP contribution in [-0.2, 0) is 9.59 Å². The van der Waals surface area contributed by atoms with Crippen molar-refractivity contribution in [2.75, 3.05) is 20.1 Å². The highest BCUT2D eigenvalue weighted by molar-refractivity contribution is 5.94. The Morgan fingerprint density at radius 1 is 1.30 bits per heavy atom. The predicted octanol–water partition coefficient (Wildman–Crippen LogP) is 1.73. The molecule has 1 saturated heterocycles. The van der Waals surface area contributed by atoms with E-state index in [9.17, 15) is 14.4 Å². The molecule has 30 heavy (non-hydrogen) atoms. The summed E-state index contributed by atoms with van der Waals surface area (Å²) in [5, 5.41) is 7.90. The molecule has 0 unspecified atom stereocenters. The largest absolute Gasteiger partial charge is 0.361 e. The van der Waals surface area contributed by atoms with Crippen LogP contribution in [0.1, 0.15) is 61.2 Å². The van der Waals surface area contributed by atoms with E-state index in [1.165, 1.54) is 0 Å². The molecule has 3 aliphatic rings. The van der Waals surface area contributed by atoms with Crippen LogP contribution in [0.5, 0.6) is 0 Å². The van der Waals surface area contributed by atoms with Crippen LogP contribution in [0.2, 0.25) is 0 Å². The summed E-state index contributed by atoms with van der Waals surface area (Å²) in [5.74, 6) is 1.58. The maximum atomic E-state index is 12.7. The van der Waals surface area contributed by atoms with Crippen LogP contribution in [0.4, 0.5) is 0 Å². The lowest BCUT2D eigenvalue weighted by Gasteiger charge is -2.35. The van der Waals surface area contributed by atoms with Crippen molar-refractivity contribution in [2.24, 2.45) is 16.9 Å². The van der Waals surface area contributed by atoms with Crippen molar-refractivity contribution >= 4 is 23.4 Å². The summed E-state index contributed by atoms with van der Waals surface area (Å²) in [6.07, 6.45) is 4.97. The number of nitrogens with one attached hydrogen (secondary N) is 1. The van der Waals surface area contributed by atoms with Gasteiger partial charge in [0.2, 0.25) is 11.8 Å². The van der Waals surface area contributed by atoms with E-state index in [0.29, 0.717) is 49.0 Å². The number of rotatable bonds is 5. The third-order valence-corrected chi connectivity index (χ3v) is 6.72. The van der Waals surface area contributed by atoms with Crippen LogP contribution >= 0.6 is 0 Å². The molecule has 1 aliphatic carbocycles. The number of carbonyl (C=O) groups is 3. The Morgan fingerprint density at radius 2 is 2.10 bits per heavy atom. The van der Waals surface area contributed by atoms with E-state index in [1.54, 1.807) is 17.9 Å². The number of nitrogens with zero attached hydrogens (tertiary/aromatic N) is 4. The summed E-state index contributed by atoms with van der Waals surface area (Å²) < 4.78 is 5.03. The summed E-state index contributed by atoms with van der Waals surface area (Å²) in [4.78, 5) is 40.3. The predicted molar refractivity (Wildman–Crippen MR) is 109 cm³/mol. The number of amides is 3. The molecule has 9 heteroatoms. The average Bonchev–Trinajstić information content (AvgIpc) is 3.37. The minimum absolute atomic E-state index is 0.0647. The lowest BCUT2D eigenvalue weighted by Crippen LogP contribution is -2.42. The molecule has 2 aliphatic heterocycles. The Bertz CT molecular complexity index is 863. The van der Waals surface area contributed by atoms with Crippen LogP contribution in [0.15, 0.2) is 15.7 Å². The summed E-state index contributed by atoms with van der Waals surface area (Å²) in [6.45, 7) is 3.31. The lowest BCUT2D eigenvalue weighted by atomic mass is 9.88. The number of piperidine rings is 1. The maximum Gasteiger partial charge on any atom is 0.276 e. The van der Waals surface area contributed by atoms with E-state index in [2.05, 4.69) is 15.7 Å². The molecule has 3 heterocycles. The normalized spacial score (nSPS) is 26.1. The van der Waals surface area contributed by atoms with Gasteiger partial charge in [0, 0.05) is 50.8 Å². The molecule has 0 spiro atoms. The first kappa shape index (κ1) is 20.6. The van der Waals surface area contributed by atoms with Gasteiger partial charge < -0.3 is 14.3 Å². The summed E-state index contributed by atoms with van der Waals surface area (Å²) in [5.41, 5.74) is 3.73. The third-order valence-electron chi connectivity index (χ3n) is 6.72. The van der Waals surface area contributed by atoms with Gasteiger partial charge in [-0.2, -0.15) is 5.10 Å². The lowest BCUT2D eigenvalue weighted by molar-refractivity contribution is -0.133. The number of aromatic nitrogens is 1. The SMILES string of the molecule is Cc1cc(C(=O)N(C)[C@H]2C[C@H]3CCN(C(=O)CCC4=NNC(=O)CC4)C[C@H]3C2)no1. The van der Waals surface area contributed by atoms with Gasteiger partial charge in [0.1, 0.15) is 5.76 Å². The maximum absolute atomic E-state index is 12.7. The highest BCUT2D eigenvalue weighted by Crippen LogP contribution is 2.40. The third kappa shape index (κ3) is 4.39. The van der Waals surface area contributed by atoms with E-state index < -0.39 is 0 Å². The smallest absolute Gasteiger partial charge is 0.276 e. The highest BCUT2D eigenvalue weighted by Gasteiger charge is 2.41. The molecule has 1 N–H and O–H groups in total. The number of likely N-dealkylation sites (tertiary alicyclic amines) is 1. The van der Waals surface area contributed by atoms with Gasteiger partial charge >= 0.3 is 0 Å². The fraction of sp³-hybridized carbons (Fsp3) is 0.667. The first-order valence-electron chi connectivity index (χ1n) is 10.7. The first-order chi connectivity index (χ1) is 14.4. The minimum Gasteiger partial charge on any atom is -0.361 e. The Balaban J connectivity index is 1.28. The molecule has 0 bridgehead atoms. The molecule has 2 fully saturated rings. The van der Waals surface area contributed by atoms with Crippen LogP contribution in [-0.4, -0.2) is 64.6 Å². The minimum atomic E-state index is -0.108. The van der Waals surface area contributed by atoms with Crippen molar-refractivity contribution in [3.8, 4) is 0 Å². The van der Waals surface area contributed by atoms with Crippen LogP contribution in [0.25, 0.3) is 0 Å². The van der Waals surface area contributed by atoms with Crippen molar-refractivity contribution in [1.82, 2.24) is 20.4 Å². The molecule has 1 aromatic rings. The van der Waals surface area contributed by atoms with Crippen molar-refractivity contribution in [1.29, 1.82) is 0 Å². The number of aryl methyl sites for hydroxylation is 1. The zero-order chi connectivity index (χ0) is 21.3. The molecular formula is C21H29N5O4. The molecule has 3 amide bonds. The van der Waals surface area contributed by atoms with Crippen molar-refractivity contribution in [3.05, 3.63) is 17.5 Å². The van der Waals surface area contributed by atoms with Crippen molar-refractivity contribution in [3.63, 3.8) is 0 Å². The van der Waals surface area contributed by atoms with E-state index in [0.717, 1.165) is 38.1 Å². The second-order valence-electron chi connectivity index (χ2n) is 8.73. The van der Waals surface area contributed by atoms with Crippen molar-refractivity contribution in [2.45, 2.75) is 57.9 Å². The summed E-state index contributed by atoms with van der Waals surface area (Å²) in [7, 11) is 1.83. The fourth-order valence-corrected chi connectivity index (χ4v) is 4.91. The van der Waals surface area contributed by atoms with Gasteiger partial charge in [-0.1, -0.05) is 5.16 Å². The number of fused-ring (bicyclic) bond motifs is 1. The molecule has 9 nitrogen and oxygen atoms in total. The van der Waals surface area contributed by atoms with Gasteiger partial charge in [0.15, 0.2) is 5.69 Å². The molecule has 4 rings (SSSR count). The molecular weight excluding hydrogens is 386 g/mol. The molecule has 0 aromatic carbocycles. The van der Waals surface area contributed by atoms with E-state index in [1.807, 2.05) is 11.9 Å². The molecule has 3 atom stereocenters. The van der Waals surface area contributed by atoms with Gasteiger partial charge in [0.25, 0.3) is 5.91 Å². The van der Waals surface area contributed by atoms with Gasteiger partial charge in [-0.05, 0) is 50.9 Å². The molecule has 0 radical (unpaired) electrons. The fourth-order valence-electron chi connectivity index (χ4n) is 4.91. The van der Waals surface area contributed by atoms with E-state index in [4.69, 9.17) is 4.52 Å². The van der Waals surface area contributed by atoms with Gasteiger partial charge in [0.05, 0.1) is 0 Å². The Labute approximate surface area is 175 Å². The highest BCUT2D eigenvalue weighted by atomic mass is 16.5. The average molecular weight is 415 g/mol. The van der Waals surface area contributed by atoms with Crippen LogP contribution in [0.3, 0.4) is 0 Å². The molecule has 1 saturated carbocycles. The quantitative estimate of drug-likeness (QED) is 0.788.